The van der Waals surface area contributed by atoms with Gasteiger partial charge in [-0.05, 0) is 35.7 Å². The number of aromatic nitrogens is 1. The maximum absolute atomic E-state index is 13.0. The van der Waals surface area contributed by atoms with Gasteiger partial charge < -0.3 is 15.3 Å². The van der Waals surface area contributed by atoms with E-state index >= 15 is 0 Å². The largest absolute Gasteiger partial charge is 0.478 e. The molecule has 3 aromatic rings. The molecule has 0 aliphatic carbocycles. The van der Waals surface area contributed by atoms with Gasteiger partial charge in [-0.2, -0.15) is 0 Å². The number of amides is 2. The van der Waals surface area contributed by atoms with Crippen LogP contribution < -0.4 is 5.32 Å². The SMILES string of the molecule is O=C(CCC1c2ccccc2C(=O)N1Cc1ccccc1)Nc1ccc(C(=O)O)cn1. The summed E-state index contributed by atoms with van der Waals surface area (Å²) < 4.78 is 0. The molecule has 0 saturated heterocycles. The summed E-state index contributed by atoms with van der Waals surface area (Å²) in [5, 5.41) is 11.6. The molecule has 2 aromatic carbocycles. The van der Waals surface area contributed by atoms with E-state index in [9.17, 15) is 14.4 Å². The Morgan fingerprint density at radius 1 is 1.00 bits per heavy atom. The Hall–Kier alpha value is -4.00. The Balaban J connectivity index is 1.46. The third-order valence-corrected chi connectivity index (χ3v) is 5.31. The van der Waals surface area contributed by atoms with Gasteiger partial charge in [-0.1, -0.05) is 48.5 Å². The number of anilines is 1. The molecule has 2 N–H and O–H groups in total. The third kappa shape index (κ3) is 4.45. The van der Waals surface area contributed by atoms with E-state index < -0.39 is 5.97 Å². The van der Waals surface area contributed by atoms with Crippen LogP contribution in [0.1, 0.15) is 50.7 Å². The number of rotatable bonds is 7. The second kappa shape index (κ2) is 8.79. The van der Waals surface area contributed by atoms with Crippen LogP contribution in [0.4, 0.5) is 5.82 Å². The second-order valence-electron chi connectivity index (χ2n) is 7.35. The predicted molar refractivity (Wildman–Crippen MR) is 115 cm³/mol. The molecular weight excluding hydrogens is 394 g/mol. The first-order valence-electron chi connectivity index (χ1n) is 9.96. The van der Waals surface area contributed by atoms with E-state index in [1.54, 1.807) is 0 Å². The maximum Gasteiger partial charge on any atom is 0.337 e. The summed E-state index contributed by atoms with van der Waals surface area (Å²) in [4.78, 5) is 42.2. The van der Waals surface area contributed by atoms with Gasteiger partial charge in [0.2, 0.25) is 5.91 Å². The molecule has 4 rings (SSSR count). The fraction of sp³-hybridized carbons (Fsp3) is 0.167. The van der Waals surface area contributed by atoms with Crippen molar-refractivity contribution in [1.29, 1.82) is 0 Å². The third-order valence-electron chi connectivity index (χ3n) is 5.31. The van der Waals surface area contributed by atoms with Gasteiger partial charge in [0.05, 0.1) is 11.6 Å². The average Bonchev–Trinajstić information content (AvgIpc) is 3.04. The summed E-state index contributed by atoms with van der Waals surface area (Å²) in [6, 6.07) is 19.9. The Labute approximate surface area is 179 Å². The molecule has 0 bridgehead atoms. The van der Waals surface area contributed by atoms with Crippen LogP contribution in [0, 0.1) is 0 Å². The van der Waals surface area contributed by atoms with Crippen molar-refractivity contribution in [3.63, 3.8) is 0 Å². The molecular formula is C24H21N3O4. The number of carbonyl (C=O) groups is 3. The number of carboxylic acid groups (broad SMARTS) is 1. The molecule has 0 radical (unpaired) electrons. The van der Waals surface area contributed by atoms with Crippen LogP contribution in [0.2, 0.25) is 0 Å². The van der Waals surface area contributed by atoms with Gasteiger partial charge in [0.1, 0.15) is 5.82 Å². The Morgan fingerprint density at radius 2 is 1.74 bits per heavy atom. The normalized spacial score (nSPS) is 14.9. The van der Waals surface area contributed by atoms with E-state index in [0.29, 0.717) is 24.3 Å². The fourth-order valence-electron chi connectivity index (χ4n) is 3.79. The Kier molecular flexibility index (Phi) is 5.75. The number of aromatic carboxylic acids is 1. The van der Waals surface area contributed by atoms with E-state index in [2.05, 4.69) is 10.3 Å². The lowest BCUT2D eigenvalue weighted by Crippen LogP contribution is -2.28. The number of hydrogen-bond donors (Lipinski definition) is 2. The van der Waals surface area contributed by atoms with Gasteiger partial charge in [-0.25, -0.2) is 9.78 Å². The molecule has 2 heterocycles. The number of hydrogen-bond acceptors (Lipinski definition) is 4. The summed E-state index contributed by atoms with van der Waals surface area (Å²) in [5.74, 6) is -1.06. The molecule has 1 aliphatic heterocycles. The standard InChI is InChI=1S/C24H21N3O4/c28-22(26-21-12-10-17(14-25-21)24(30)31)13-11-20-18-8-4-5-9-19(18)23(29)27(20)15-16-6-2-1-3-7-16/h1-10,12,14,20H,11,13,15H2,(H,30,31)(H,25,26,28). The van der Waals surface area contributed by atoms with Crippen LogP contribution >= 0.6 is 0 Å². The first-order chi connectivity index (χ1) is 15.0. The van der Waals surface area contributed by atoms with Crippen LogP contribution in [0.3, 0.4) is 0 Å². The van der Waals surface area contributed by atoms with Crippen molar-refractivity contribution in [3.8, 4) is 0 Å². The molecule has 2 amide bonds. The average molecular weight is 415 g/mol. The van der Waals surface area contributed by atoms with E-state index in [0.717, 1.165) is 11.1 Å². The smallest absolute Gasteiger partial charge is 0.337 e. The molecule has 156 valence electrons. The van der Waals surface area contributed by atoms with Gasteiger partial charge >= 0.3 is 5.97 Å². The van der Waals surface area contributed by atoms with Gasteiger partial charge in [0.25, 0.3) is 5.91 Å². The van der Waals surface area contributed by atoms with Crippen molar-refractivity contribution in [2.45, 2.75) is 25.4 Å². The van der Waals surface area contributed by atoms with Crippen LogP contribution in [-0.4, -0.2) is 32.8 Å². The minimum atomic E-state index is -1.08. The quantitative estimate of drug-likeness (QED) is 0.610. The van der Waals surface area contributed by atoms with Gasteiger partial charge in [0.15, 0.2) is 0 Å². The first kappa shape index (κ1) is 20.3. The fourth-order valence-corrected chi connectivity index (χ4v) is 3.79. The second-order valence-corrected chi connectivity index (χ2v) is 7.35. The number of fused-ring (bicyclic) bond motifs is 1. The van der Waals surface area contributed by atoms with Crippen molar-refractivity contribution >= 4 is 23.6 Å². The highest BCUT2D eigenvalue weighted by molar-refractivity contribution is 5.99. The number of carboxylic acids is 1. The number of pyridine rings is 1. The summed E-state index contributed by atoms with van der Waals surface area (Å²) in [6.45, 7) is 0.471. The topological polar surface area (TPSA) is 99.6 Å². The first-order valence-corrected chi connectivity index (χ1v) is 9.96. The van der Waals surface area contributed by atoms with E-state index in [-0.39, 0.29) is 29.8 Å². The highest BCUT2D eigenvalue weighted by atomic mass is 16.4. The number of benzene rings is 2. The van der Waals surface area contributed by atoms with Crippen molar-refractivity contribution in [1.82, 2.24) is 9.88 Å². The van der Waals surface area contributed by atoms with Crippen molar-refractivity contribution in [2.75, 3.05) is 5.32 Å². The van der Waals surface area contributed by atoms with Crippen LogP contribution in [0.5, 0.6) is 0 Å². The maximum atomic E-state index is 13.0. The molecule has 0 fully saturated rings. The van der Waals surface area contributed by atoms with Crippen molar-refractivity contribution < 1.29 is 19.5 Å². The molecule has 7 nitrogen and oxygen atoms in total. The summed E-state index contributed by atoms with van der Waals surface area (Å²) in [6.07, 6.45) is 1.86. The zero-order chi connectivity index (χ0) is 21.8. The summed E-state index contributed by atoms with van der Waals surface area (Å²) in [5.41, 5.74) is 2.69. The van der Waals surface area contributed by atoms with Gasteiger partial charge in [-0.3, -0.25) is 9.59 Å². The minimum Gasteiger partial charge on any atom is -0.478 e. The molecule has 31 heavy (non-hydrogen) atoms. The van der Waals surface area contributed by atoms with Gasteiger partial charge in [0, 0.05) is 24.7 Å². The van der Waals surface area contributed by atoms with E-state index in [1.807, 2.05) is 59.5 Å². The summed E-state index contributed by atoms with van der Waals surface area (Å²) in [7, 11) is 0. The molecule has 0 saturated carbocycles. The van der Waals surface area contributed by atoms with Crippen molar-refractivity contribution in [2.24, 2.45) is 0 Å². The number of carbonyl (C=O) groups excluding carboxylic acids is 2. The zero-order valence-corrected chi connectivity index (χ0v) is 16.7. The van der Waals surface area contributed by atoms with Crippen LogP contribution in [0.25, 0.3) is 0 Å². The lowest BCUT2D eigenvalue weighted by molar-refractivity contribution is -0.116. The minimum absolute atomic E-state index is 0.0317. The predicted octanol–water partition coefficient (Wildman–Crippen LogP) is 3.90. The Morgan fingerprint density at radius 3 is 2.45 bits per heavy atom. The van der Waals surface area contributed by atoms with E-state index in [4.69, 9.17) is 5.11 Å². The monoisotopic (exact) mass is 415 g/mol. The van der Waals surface area contributed by atoms with Gasteiger partial charge in [-0.15, -0.1) is 0 Å². The molecule has 7 heteroatoms. The Bertz CT molecular complexity index is 1110. The highest BCUT2D eigenvalue weighted by Crippen LogP contribution is 2.37. The molecule has 1 unspecified atom stereocenters. The highest BCUT2D eigenvalue weighted by Gasteiger charge is 2.36. The molecule has 0 spiro atoms. The lowest BCUT2D eigenvalue weighted by atomic mass is 10.0. The molecule has 1 aromatic heterocycles. The molecule has 1 aliphatic rings. The van der Waals surface area contributed by atoms with Crippen LogP contribution in [0.15, 0.2) is 72.9 Å². The van der Waals surface area contributed by atoms with E-state index in [1.165, 1.54) is 18.3 Å². The van der Waals surface area contributed by atoms with Crippen LogP contribution in [-0.2, 0) is 11.3 Å². The summed E-state index contributed by atoms with van der Waals surface area (Å²) >= 11 is 0. The molecule has 1 atom stereocenters. The zero-order valence-electron chi connectivity index (χ0n) is 16.7. The van der Waals surface area contributed by atoms with Crippen molar-refractivity contribution in [3.05, 3.63) is 95.2 Å². The number of nitrogens with zero attached hydrogens (tertiary/aromatic N) is 2. The number of nitrogens with one attached hydrogen (secondary N) is 1. The lowest BCUT2D eigenvalue weighted by Gasteiger charge is -2.25.